The van der Waals surface area contributed by atoms with Crippen LogP contribution in [0.1, 0.15) is 36.0 Å². The van der Waals surface area contributed by atoms with Gasteiger partial charge in [0, 0.05) is 11.6 Å². The van der Waals surface area contributed by atoms with Gasteiger partial charge in [0.05, 0.1) is 27.9 Å². The van der Waals surface area contributed by atoms with Crippen molar-refractivity contribution in [3.63, 3.8) is 0 Å². The second-order valence-corrected chi connectivity index (χ2v) is 5.65. The molecule has 0 aliphatic heterocycles. The highest BCUT2D eigenvalue weighted by molar-refractivity contribution is 5.97. The Bertz CT molecular complexity index is 572. The Morgan fingerprint density at radius 2 is 1.62 bits per heavy atom. The number of amides is 2. The van der Waals surface area contributed by atoms with Gasteiger partial charge in [0.25, 0.3) is 5.91 Å². The number of nitrogens with one attached hydrogen (secondary N) is 2. The largest absolute Gasteiger partial charge is 0.493 e. The lowest BCUT2D eigenvalue weighted by atomic mass is 10.1. The Balaban J connectivity index is 1.99. The molecule has 132 valence electrons. The SMILES string of the molecule is COc1cc(C(=O)NCC(=O)NC2CCCC2)cc(OC)c1OC. The summed E-state index contributed by atoms with van der Waals surface area (Å²) in [5.41, 5.74) is 0.332. The van der Waals surface area contributed by atoms with Gasteiger partial charge in [0.2, 0.25) is 11.7 Å². The smallest absolute Gasteiger partial charge is 0.251 e. The van der Waals surface area contributed by atoms with Gasteiger partial charge in [-0.2, -0.15) is 0 Å². The monoisotopic (exact) mass is 336 g/mol. The van der Waals surface area contributed by atoms with E-state index in [1.54, 1.807) is 12.1 Å². The van der Waals surface area contributed by atoms with Gasteiger partial charge >= 0.3 is 0 Å². The first-order valence-corrected chi connectivity index (χ1v) is 7.96. The van der Waals surface area contributed by atoms with Crippen molar-refractivity contribution in [1.82, 2.24) is 10.6 Å². The molecule has 7 heteroatoms. The van der Waals surface area contributed by atoms with E-state index in [0.29, 0.717) is 22.8 Å². The molecule has 0 unspecified atom stereocenters. The zero-order valence-electron chi connectivity index (χ0n) is 14.3. The minimum Gasteiger partial charge on any atom is -0.493 e. The molecule has 1 saturated carbocycles. The van der Waals surface area contributed by atoms with Crippen molar-refractivity contribution in [3.05, 3.63) is 17.7 Å². The second kappa shape index (κ2) is 8.42. The van der Waals surface area contributed by atoms with Crippen LogP contribution in [0.2, 0.25) is 0 Å². The number of ether oxygens (including phenoxy) is 3. The van der Waals surface area contributed by atoms with E-state index in [4.69, 9.17) is 14.2 Å². The molecule has 2 rings (SSSR count). The van der Waals surface area contributed by atoms with Crippen molar-refractivity contribution in [2.75, 3.05) is 27.9 Å². The summed E-state index contributed by atoms with van der Waals surface area (Å²) in [7, 11) is 4.45. The lowest BCUT2D eigenvalue weighted by Crippen LogP contribution is -2.40. The summed E-state index contributed by atoms with van der Waals surface area (Å²) in [6.07, 6.45) is 4.30. The van der Waals surface area contributed by atoms with Crippen LogP contribution in [0.25, 0.3) is 0 Å². The molecule has 24 heavy (non-hydrogen) atoms. The Labute approximate surface area is 141 Å². The minimum atomic E-state index is -0.379. The zero-order valence-corrected chi connectivity index (χ0v) is 14.3. The third-order valence-electron chi connectivity index (χ3n) is 4.06. The predicted octanol–water partition coefficient (Wildman–Crippen LogP) is 1.50. The first kappa shape index (κ1) is 17.9. The molecule has 2 N–H and O–H groups in total. The van der Waals surface area contributed by atoms with Crippen LogP contribution in [0.15, 0.2) is 12.1 Å². The van der Waals surface area contributed by atoms with Crippen LogP contribution in [0, 0.1) is 0 Å². The molecule has 0 saturated heterocycles. The van der Waals surface area contributed by atoms with Gasteiger partial charge < -0.3 is 24.8 Å². The molecular weight excluding hydrogens is 312 g/mol. The summed E-state index contributed by atoms with van der Waals surface area (Å²) in [4.78, 5) is 24.2. The number of carbonyl (C=O) groups is 2. The molecule has 1 aromatic rings. The Kier molecular flexibility index (Phi) is 6.28. The van der Waals surface area contributed by atoms with Gasteiger partial charge in [0.1, 0.15) is 0 Å². The fourth-order valence-corrected chi connectivity index (χ4v) is 2.82. The maximum Gasteiger partial charge on any atom is 0.251 e. The molecule has 2 amide bonds. The van der Waals surface area contributed by atoms with Crippen LogP contribution in [0.3, 0.4) is 0 Å². The standard InChI is InChI=1S/C17H24N2O5/c1-22-13-8-11(9-14(23-2)16(13)24-3)17(21)18-10-15(20)19-12-6-4-5-7-12/h8-9,12H,4-7,10H2,1-3H3,(H,18,21)(H,19,20). The van der Waals surface area contributed by atoms with Crippen molar-refractivity contribution in [2.24, 2.45) is 0 Å². The quantitative estimate of drug-likeness (QED) is 0.788. The molecule has 0 spiro atoms. The average Bonchev–Trinajstić information content (AvgIpc) is 3.11. The van der Waals surface area contributed by atoms with E-state index in [2.05, 4.69) is 10.6 Å². The fourth-order valence-electron chi connectivity index (χ4n) is 2.82. The summed E-state index contributed by atoms with van der Waals surface area (Å²) in [6, 6.07) is 3.33. The first-order valence-electron chi connectivity index (χ1n) is 7.96. The topological polar surface area (TPSA) is 85.9 Å². The van der Waals surface area contributed by atoms with E-state index in [-0.39, 0.29) is 24.4 Å². The molecule has 0 aromatic heterocycles. The summed E-state index contributed by atoms with van der Waals surface area (Å²) in [5, 5.41) is 5.54. The molecule has 0 heterocycles. The molecule has 1 aromatic carbocycles. The molecule has 0 atom stereocenters. The molecule has 1 aliphatic carbocycles. The third-order valence-corrected chi connectivity index (χ3v) is 4.06. The number of carbonyl (C=O) groups excluding carboxylic acids is 2. The van der Waals surface area contributed by atoms with Gasteiger partial charge in [-0.25, -0.2) is 0 Å². The molecule has 0 radical (unpaired) electrons. The highest BCUT2D eigenvalue weighted by atomic mass is 16.5. The van der Waals surface area contributed by atoms with Gasteiger partial charge in [-0.3, -0.25) is 9.59 Å². The number of hydrogen-bond acceptors (Lipinski definition) is 5. The molecule has 7 nitrogen and oxygen atoms in total. The van der Waals surface area contributed by atoms with Crippen molar-refractivity contribution in [3.8, 4) is 17.2 Å². The van der Waals surface area contributed by atoms with Gasteiger partial charge in [-0.05, 0) is 25.0 Å². The first-order chi connectivity index (χ1) is 11.6. The fraction of sp³-hybridized carbons (Fsp3) is 0.529. The van der Waals surface area contributed by atoms with Crippen LogP contribution in [-0.4, -0.2) is 45.7 Å². The maximum absolute atomic E-state index is 12.3. The zero-order chi connectivity index (χ0) is 17.5. The van der Waals surface area contributed by atoms with E-state index in [9.17, 15) is 9.59 Å². The van der Waals surface area contributed by atoms with Crippen LogP contribution >= 0.6 is 0 Å². The lowest BCUT2D eigenvalue weighted by Gasteiger charge is -2.15. The van der Waals surface area contributed by atoms with Crippen LogP contribution in [0.5, 0.6) is 17.2 Å². The lowest BCUT2D eigenvalue weighted by molar-refractivity contribution is -0.120. The number of methoxy groups -OCH3 is 3. The minimum absolute atomic E-state index is 0.0635. The summed E-state index contributed by atoms with van der Waals surface area (Å²) >= 11 is 0. The molecule has 1 aliphatic rings. The molecular formula is C17H24N2O5. The molecule has 0 bridgehead atoms. The number of benzene rings is 1. The summed E-state index contributed by atoms with van der Waals surface area (Å²) < 4.78 is 15.7. The molecule has 1 fully saturated rings. The van der Waals surface area contributed by atoms with E-state index >= 15 is 0 Å². The Hall–Kier alpha value is -2.44. The highest BCUT2D eigenvalue weighted by Gasteiger charge is 2.19. The number of hydrogen-bond donors (Lipinski definition) is 2. The Morgan fingerprint density at radius 3 is 2.12 bits per heavy atom. The van der Waals surface area contributed by atoms with Crippen molar-refractivity contribution < 1.29 is 23.8 Å². The van der Waals surface area contributed by atoms with E-state index in [1.807, 2.05) is 0 Å². The van der Waals surface area contributed by atoms with Crippen LogP contribution < -0.4 is 24.8 Å². The summed E-state index contributed by atoms with van der Waals surface area (Å²) in [6.45, 7) is -0.0635. The van der Waals surface area contributed by atoms with Gasteiger partial charge in [-0.15, -0.1) is 0 Å². The van der Waals surface area contributed by atoms with Crippen molar-refractivity contribution in [1.29, 1.82) is 0 Å². The Morgan fingerprint density at radius 1 is 1.04 bits per heavy atom. The van der Waals surface area contributed by atoms with E-state index in [0.717, 1.165) is 25.7 Å². The average molecular weight is 336 g/mol. The van der Waals surface area contributed by atoms with Crippen LogP contribution in [-0.2, 0) is 4.79 Å². The second-order valence-electron chi connectivity index (χ2n) is 5.65. The normalized spacial score (nSPS) is 14.1. The number of rotatable bonds is 7. The van der Waals surface area contributed by atoms with E-state index in [1.165, 1.54) is 21.3 Å². The van der Waals surface area contributed by atoms with Crippen LogP contribution in [0.4, 0.5) is 0 Å². The van der Waals surface area contributed by atoms with E-state index < -0.39 is 0 Å². The van der Waals surface area contributed by atoms with Gasteiger partial charge in [-0.1, -0.05) is 12.8 Å². The highest BCUT2D eigenvalue weighted by Crippen LogP contribution is 2.38. The maximum atomic E-state index is 12.3. The summed E-state index contributed by atoms with van der Waals surface area (Å²) in [5.74, 6) is 0.629. The van der Waals surface area contributed by atoms with Gasteiger partial charge in [0.15, 0.2) is 11.5 Å². The van der Waals surface area contributed by atoms with Crippen molar-refractivity contribution >= 4 is 11.8 Å². The third kappa shape index (κ3) is 4.31. The predicted molar refractivity (Wildman–Crippen MR) is 88.8 cm³/mol. The van der Waals surface area contributed by atoms with Crippen molar-refractivity contribution in [2.45, 2.75) is 31.7 Å².